The summed E-state index contributed by atoms with van der Waals surface area (Å²) in [5, 5.41) is 8.61. The van der Waals surface area contributed by atoms with Crippen molar-refractivity contribution in [2.24, 2.45) is 0 Å². The molecular weight excluding hydrogens is 516 g/mol. The average Bonchev–Trinajstić information content (AvgIpc) is 3.23. The number of allylic oxidation sites excluding steroid dienone is 1. The summed E-state index contributed by atoms with van der Waals surface area (Å²) in [6.45, 7) is 6.64. The number of ether oxygens (including phenoxy) is 2. The van der Waals surface area contributed by atoms with Crippen molar-refractivity contribution >= 4 is 39.6 Å². The Labute approximate surface area is 212 Å². The summed E-state index contributed by atoms with van der Waals surface area (Å²) in [7, 11) is 0. The van der Waals surface area contributed by atoms with Crippen LogP contribution in [0, 0.1) is 0 Å². The van der Waals surface area contributed by atoms with Crippen molar-refractivity contribution in [2.75, 3.05) is 17.7 Å². The maximum atomic E-state index is 13.2. The van der Waals surface area contributed by atoms with E-state index in [4.69, 9.17) is 14.6 Å². The number of rotatable bonds is 9. The van der Waals surface area contributed by atoms with Crippen LogP contribution in [0.25, 0.3) is 0 Å². The highest BCUT2D eigenvalue weighted by atomic mass is 79.9. The summed E-state index contributed by atoms with van der Waals surface area (Å²) >= 11 is 5.14. The molecule has 34 heavy (non-hydrogen) atoms. The summed E-state index contributed by atoms with van der Waals surface area (Å²) in [5.74, 6) is 1.71. The van der Waals surface area contributed by atoms with Crippen molar-refractivity contribution in [3.05, 3.63) is 75.4 Å². The van der Waals surface area contributed by atoms with E-state index in [9.17, 15) is 4.79 Å². The first-order valence-corrected chi connectivity index (χ1v) is 13.0. The standard InChI is InChI=1S/C25H27BrN4O3S/c1-4-13-32-23(31)21-16(3)27-24-28-25(34-5-2)29-30(24)22(21)19-14-18(26)11-12-20(19)33-15-17-9-7-6-8-10-17/h6-12,14,22H,4-5,13,15H2,1-3H3,(H,27,28,29). The van der Waals surface area contributed by atoms with Crippen LogP contribution in [0.15, 0.2) is 69.4 Å². The maximum absolute atomic E-state index is 13.2. The predicted octanol–water partition coefficient (Wildman–Crippen LogP) is 5.97. The molecule has 0 aliphatic carbocycles. The molecule has 2 aromatic carbocycles. The first kappa shape index (κ1) is 24.3. The van der Waals surface area contributed by atoms with Crippen LogP contribution >= 0.6 is 27.7 Å². The normalized spacial score (nSPS) is 15.0. The molecule has 0 radical (unpaired) electrons. The molecule has 0 amide bonds. The number of nitrogens with one attached hydrogen (secondary N) is 1. The third kappa shape index (κ3) is 5.31. The summed E-state index contributed by atoms with van der Waals surface area (Å²) < 4.78 is 14.5. The minimum absolute atomic E-state index is 0.347. The van der Waals surface area contributed by atoms with Crippen LogP contribution in [-0.2, 0) is 16.1 Å². The van der Waals surface area contributed by atoms with Crippen molar-refractivity contribution in [3.63, 3.8) is 0 Å². The molecule has 1 aliphatic rings. The molecule has 1 aliphatic heterocycles. The molecule has 0 fully saturated rings. The van der Waals surface area contributed by atoms with Crippen molar-refractivity contribution < 1.29 is 14.3 Å². The molecular formula is C25H27BrN4O3S. The molecule has 1 atom stereocenters. The average molecular weight is 543 g/mol. The minimum atomic E-state index is -0.553. The summed E-state index contributed by atoms with van der Waals surface area (Å²) in [5.41, 5.74) is 3.03. The largest absolute Gasteiger partial charge is 0.489 e. The molecule has 2 heterocycles. The van der Waals surface area contributed by atoms with Gasteiger partial charge in [-0.15, -0.1) is 5.10 Å². The number of fused-ring (bicyclic) bond motifs is 1. The van der Waals surface area contributed by atoms with Crippen molar-refractivity contribution in [1.29, 1.82) is 0 Å². The van der Waals surface area contributed by atoms with Crippen LogP contribution in [0.3, 0.4) is 0 Å². The number of anilines is 1. The third-order valence-corrected chi connectivity index (χ3v) is 6.48. The second kappa shape index (κ2) is 11.1. The number of thioether (sulfide) groups is 1. The number of hydrogen-bond acceptors (Lipinski definition) is 7. The SMILES string of the molecule is CCCOC(=O)C1=C(C)Nc2nc(SCC)nn2C1c1cc(Br)ccc1OCc1ccccc1. The molecule has 0 saturated carbocycles. The van der Waals surface area contributed by atoms with Gasteiger partial charge < -0.3 is 14.8 Å². The monoisotopic (exact) mass is 542 g/mol. The molecule has 7 nitrogen and oxygen atoms in total. The van der Waals surface area contributed by atoms with E-state index in [0.29, 0.717) is 41.3 Å². The Morgan fingerprint density at radius 1 is 1.21 bits per heavy atom. The van der Waals surface area contributed by atoms with Crippen LogP contribution in [0.4, 0.5) is 5.95 Å². The number of nitrogens with zero attached hydrogens (tertiary/aromatic N) is 3. The van der Waals surface area contributed by atoms with E-state index in [2.05, 4.69) is 33.2 Å². The van der Waals surface area contributed by atoms with E-state index in [1.807, 2.05) is 62.4 Å². The van der Waals surface area contributed by atoms with Gasteiger partial charge in [-0.1, -0.05) is 71.9 Å². The fraction of sp³-hybridized carbons (Fsp3) is 0.320. The van der Waals surface area contributed by atoms with Gasteiger partial charge in [0.25, 0.3) is 0 Å². The highest BCUT2D eigenvalue weighted by molar-refractivity contribution is 9.10. The molecule has 1 N–H and O–H groups in total. The van der Waals surface area contributed by atoms with E-state index in [1.165, 1.54) is 0 Å². The molecule has 4 rings (SSSR count). The summed E-state index contributed by atoms with van der Waals surface area (Å²) in [6.07, 6.45) is 0.740. The van der Waals surface area contributed by atoms with Gasteiger partial charge in [-0.2, -0.15) is 4.98 Å². The quantitative estimate of drug-likeness (QED) is 0.263. The second-order valence-corrected chi connectivity index (χ2v) is 9.90. The van der Waals surface area contributed by atoms with Gasteiger partial charge in [0, 0.05) is 15.7 Å². The van der Waals surface area contributed by atoms with Crippen LogP contribution in [0.5, 0.6) is 5.75 Å². The lowest BCUT2D eigenvalue weighted by molar-refractivity contribution is -0.139. The van der Waals surface area contributed by atoms with E-state index >= 15 is 0 Å². The fourth-order valence-electron chi connectivity index (χ4n) is 3.75. The number of esters is 1. The molecule has 178 valence electrons. The molecule has 0 spiro atoms. The predicted molar refractivity (Wildman–Crippen MR) is 137 cm³/mol. The smallest absolute Gasteiger partial charge is 0.338 e. The fourth-order valence-corrected chi connectivity index (χ4v) is 4.68. The third-order valence-electron chi connectivity index (χ3n) is 5.27. The molecule has 3 aromatic rings. The van der Waals surface area contributed by atoms with Crippen LogP contribution in [-0.4, -0.2) is 33.1 Å². The van der Waals surface area contributed by atoms with Gasteiger partial charge in [-0.25, -0.2) is 9.48 Å². The zero-order chi connectivity index (χ0) is 24.1. The Morgan fingerprint density at radius 2 is 2.00 bits per heavy atom. The van der Waals surface area contributed by atoms with E-state index in [1.54, 1.807) is 16.4 Å². The van der Waals surface area contributed by atoms with Gasteiger partial charge in [-0.3, -0.25) is 0 Å². The van der Waals surface area contributed by atoms with Gasteiger partial charge in [-0.05, 0) is 42.9 Å². The van der Waals surface area contributed by atoms with E-state index in [0.717, 1.165) is 27.8 Å². The topological polar surface area (TPSA) is 78.3 Å². The first-order valence-electron chi connectivity index (χ1n) is 11.2. The number of hydrogen-bond donors (Lipinski definition) is 1. The molecule has 1 unspecified atom stereocenters. The van der Waals surface area contributed by atoms with E-state index < -0.39 is 6.04 Å². The minimum Gasteiger partial charge on any atom is -0.489 e. The Kier molecular flexibility index (Phi) is 7.95. The Bertz CT molecular complexity index is 1200. The van der Waals surface area contributed by atoms with E-state index in [-0.39, 0.29) is 5.97 Å². The summed E-state index contributed by atoms with van der Waals surface area (Å²) in [4.78, 5) is 17.9. The number of carbonyl (C=O) groups excluding carboxylic acids is 1. The molecule has 0 bridgehead atoms. The van der Waals surface area contributed by atoms with Crippen molar-refractivity contribution in [2.45, 2.75) is 45.0 Å². The van der Waals surface area contributed by atoms with Gasteiger partial charge >= 0.3 is 5.97 Å². The molecule has 0 saturated heterocycles. The van der Waals surface area contributed by atoms with Gasteiger partial charge in [0.15, 0.2) is 0 Å². The first-order chi connectivity index (χ1) is 16.5. The second-order valence-electron chi connectivity index (χ2n) is 7.75. The lowest BCUT2D eigenvalue weighted by Crippen LogP contribution is -2.30. The number of carbonyl (C=O) groups is 1. The molecule has 1 aromatic heterocycles. The molecule has 9 heteroatoms. The van der Waals surface area contributed by atoms with Crippen LogP contribution < -0.4 is 10.1 Å². The number of aromatic nitrogens is 3. The summed E-state index contributed by atoms with van der Waals surface area (Å²) in [6, 6.07) is 15.2. The Balaban J connectivity index is 1.80. The Hall–Kier alpha value is -2.78. The lowest BCUT2D eigenvalue weighted by atomic mass is 9.95. The van der Waals surface area contributed by atoms with Crippen molar-refractivity contribution in [3.8, 4) is 5.75 Å². The van der Waals surface area contributed by atoms with Crippen LogP contribution in [0.2, 0.25) is 0 Å². The highest BCUT2D eigenvalue weighted by Gasteiger charge is 2.37. The van der Waals surface area contributed by atoms with Gasteiger partial charge in [0.1, 0.15) is 18.4 Å². The number of halogens is 1. The van der Waals surface area contributed by atoms with Gasteiger partial charge in [0.2, 0.25) is 11.1 Å². The zero-order valence-corrected chi connectivity index (χ0v) is 21.8. The van der Waals surface area contributed by atoms with Crippen LogP contribution in [0.1, 0.15) is 44.4 Å². The van der Waals surface area contributed by atoms with Crippen molar-refractivity contribution in [1.82, 2.24) is 14.8 Å². The lowest BCUT2D eigenvalue weighted by Gasteiger charge is -2.29. The highest BCUT2D eigenvalue weighted by Crippen LogP contribution is 2.41. The number of benzene rings is 2. The Morgan fingerprint density at radius 3 is 2.74 bits per heavy atom. The zero-order valence-electron chi connectivity index (χ0n) is 19.4. The van der Waals surface area contributed by atoms with Gasteiger partial charge in [0.05, 0.1) is 12.2 Å². The maximum Gasteiger partial charge on any atom is 0.338 e.